The highest BCUT2D eigenvalue weighted by molar-refractivity contribution is 5.94. The summed E-state index contributed by atoms with van der Waals surface area (Å²) in [6, 6.07) is 8.09. The first-order chi connectivity index (χ1) is 9.41. The number of aromatic nitrogens is 2. The molecule has 5 heteroatoms. The van der Waals surface area contributed by atoms with Gasteiger partial charge in [-0.3, -0.25) is 4.68 Å². The van der Waals surface area contributed by atoms with Crippen LogP contribution in [0, 0.1) is 13.8 Å². The van der Waals surface area contributed by atoms with Crippen molar-refractivity contribution >= 4 is 11.8 Å². The van der Waals surface area contributed by atoms with Gasteiger partial charge in [0.05, 0.1) is 5.69 Å². The Hall–Kier alpha value is -2.30. The standard InChI is InChI=1S/C15H19N3O2/c1-10-7-5-6-8-12(10)9-17(3)14-13(15(19)20)11(2)16-18(14)4/h5-8H,9H2,1-4H3,(H,19,20). The van der Waals surface area contributed by atoms with E-state index in [1.165, 1.54) is 11.1 Å². The summed E-state index contributed by atoms with van der Waals surface area (Å²) in [6.07, 6.45) is 0. The maximum absolute atomic E-state index is 11.4. The summed E-state index contributed by atoms with van der Waals surface area (Å²) in [5.74, 6) is -0.319. The SMILES string of the molecule is Cc1ccccc1CN(C)c1c(C(=O)O)c(C)nn1C. The highest BCUT2D eigenvalue weighted by atomic mass is 16.4. The molecule has 0 saturated heterocycles. The Kier molecular flexibility index (Phi) is 3.79. The van der Waals surface area contributed by atoms with E-state index in [4.69, 9.17) is 0 Å². The van der Waals surface area contributed by atoms with E-state index in [-0.39, 0.29) is 5.56 Å². The number of hydrogen-bond donors (Lipinski definition) is 1. The van der Waals surface area contributed by atoms with Crippen molar-refractivity contribution in [1.82, 2.24) is 9.78 Å². The van der Waals surface area contributed by atoms with Gasteiger partial charge in [0.15, 0.2) is 0 Å². The minimum atomic E-state index is -0.942. The molecule has 0 spiro atoms. The van der Waals surface area contributed by atoms with Crippen LogP contribution in [-0.2, 0) is 13.6 Å². The van der Waals surface area contributed by atoms with Gasteiger partial charge in [0.25, 0.3) is 0 Å². The zero-order valence-corrected chi connectivity index (χ0v) is 12.2. The lowest BCUT2D eigenvalue weighted by Crippen LogP contribution is -2.22. The second-order valence-electron chi connectivity index (χ2n) is 5.00. The Bertz CT molecular complexity index is 647. The molecule has 0 aliphatic rings. The molecule has 0 aliphatic carbocycles. The van der Waals surface area contributed by atoms with E-state index in [0.717, 1.165) is 0 Å². The Balaban J connectivity index is 2.37. The Morgan fingerprint density at radius 1 is 1.35 bits per heavy atom. The van der Waals surface area contributed by atoms with Gasteiger partial charge in [-0.1, -0.05) is 24.3 Å². The van der Waals surface area contributed by atoms with Gasteiger partial charge in [-0.05, 0) is 25.0 Å². The van der Waals surface area contributed by atoms with Crippen LogP contribution in [0.1, 0.15) is 27.2 Å². The molecule has 1 heterocycles. The number of hydrogen-bond acceptors (Lipinski definition) is 3. The number of benzene rings is 1. The molecule has 106 valence electrons. The summed E-state index contributed by atoms with van der Waals surface area (Å²) in [5.41, 5.74) is 3.16. The fraction of sp³-hybridized carbons (Fsp3) is 0.333. The van der Waals surface area contributed by atoms with Crippen LogP contribution in [0.3, 0.4) is 0 Å². The topological polar surface area (TPSA) is 58.4 Å². The first-order valence-electron chi connectivity index (χ1n) is 6.44. The highest BCUT2D eigenvalue weighted by Gasteiger charge is 2.22. The summed E-state index contributed by atoms with van der Waals surface area (Å²) in [5, 5.41) is 13.6. The number of rotatable bonds is 4. The lowest BCUT2D eigenvalue weighted by Gasteiger charge is -2.21. The van der Waals surface area contributed by atoms with Crippen molar-refractivity contribution in [3.63, 3.8) is 0 Å². The largest absolute Gasteiger partial charge is 0.477 e. The molecule has 0 aliphatic heterocycles. The summed E-state index contributed by atoms with van der Waals surface area (Å²) < 4.78 is 1.62. The van der Waals surface area contributed by atoms with Gasteiger partial charge in [-0.15, -0.1) is 0 Å². The van der Waals surface area contributed by atoms with Crippen LogP contribution < -0.4 is 4.90 Å². The van der Waals surface area contributed by atoms with Gasteiger partial charge in [0, 0.05) is 20.6 Å². The van der Waals surface area contributed by atoms with Crippen molar-refractivity contribution in [1.29, 1.82) is 0 Å². The van der Waals surface area contributed by atoms with Crippen molar-refractivity contribution in [2.75, 3.05) is 11.9 Å². The second-order valence-corrected chi connectivity index (χ2v) is 5.00. The predicted octanol–water partition coefficient (Wildman–Crippen LogP) is 2.37. The third-order valence-corrected chi connectivity index (χ3v) is 3.44. The van der Waals surface area contributed by atoms with Crippen molar-refractivity contribution in [2.45, 2.75) is 20.4 Å². The third-order valence-electron chi connectivity index (χ3n) is 3.44. The zero-order valence-electron chi connectivity index (χ0n) is 12.2. The van der Waals surface area contributed by atoms with Crippen molar-refractivity contribution in [2.24, 2.45) is 7.05 Å². The fourth-order valence-corrected chi connectivity index (χ4v) is 2.45. The third kappa shape index (κ3) is 2.52. The van der Waals surface area contributed by atoms with E-state index in [0.29, 0.717) is 18.1 Å². The second kappa shape index (κ2) is 5.36. The highest BCUT2D eigenvalue weighted by Crippen LogP contribution is 2.24. The molecule has 0 unspecified atom stereocenters. The van der Waals surface area contributed by atoms with Crippen LogP contribution in [0.4, 0.5) is 5.82 Å². The number of aromatic carboxylic acids is 1. The molecule has 1 aromatic carbocycles. The van der Waals surface area contributed by atoms with E-state index >= 15 is 0 Å². The van der Waals surface area contributed by atoms with Crippen LogP contribution >= 0.6 is 0 Å². The molecule has 2 aromatic rings. The molecule has 20 heavy (non-hydrogen) atoms. The number of nitrogens with zero attached hydrogens (tertiary/aromatic N) is 3. The lowest BCUT2D eigenvalue weighted by molar-refractivity contribution is 0.0696. The van der Waals surface area contributed by atoms with E-state index in [1.54, 1.807) is 18.7 Å². The molecule has 0 fully saturated rings. The average molecular weight is 273 g/mol. The van der Waals surface area contributed by atoms with Gasteiger partial charge in [-0.25, -0.2) is 4.79 Å². The molecule has 0 atom stereocenters. The number of carbonyl (C=O) groups is 1. The normalized spacial score (nSPS) is 10.6. The molecular weight excluding hydrogens is 254 g/mol. The van der Waals surface area contributed by atoms with Crippen LogP contribution in [-0.4, -0.2) is 27.9 Å². The van der Waals surface area contributed by atoms with Crippen LogP contribution in [0.5, 0.6) is 0 Å². The number of anilines is 1. The lowest BCUT2D eigenvalue weighted by atomic mass is 10.1. The maximum Gasteiger partial charge on any atom is 0.341 e. The van der Waals surface area contributed by atoms with Gasteiger partial charge < -0.3 is 10.0 Å². The number of carboxylic acids is 1. The number of carboxylic acid groups (broad SMARTS) is 1. The first kappa shape index (κ1) is 14.1. The van der Waals surface area contributed by atoms with Crippen LogP contribution in [0.15, 0.2) is 24.3 Å². The Morgan fingerprint density at radius 3 is 2.60 bits per heavy atom. The smallest absolute Gasteiger partial charge is 0.341 e. The average Bonchev–Trinajstić information content (AvgIpc) is 2.67. The van der Waals surface area contributed by atoms with Gasteiger partial charge in [0.1, 0.15) is 11.4 Å². The van der Waals surface area contributed by atoms with E-state index < -0.39 is 5.97 Å². The zero-order chi connectivity index (χ0) is 14.9. The maximum atomic E-state index is 11.4. The minimum absolute atomic E-state index is 0.267. The molecule has 2 rings (SSSR count). The Morgan fingerprint density at radius 2 is 2.00 bits per heavy atom. The van der Waals surface area contributed by atoms with Gasteiger partial charge >= 0.3 is 5.97 Å². The first-order valence-corrected chi connectivity index (χ1v) is 6.44. The monoisotopic (exact) mass is 273 g/mol. The van der Waals surface area contributed by atoms with E-state index in [9.17, 15) is 9.90 Å². The molecule has 0 amide bonds. The van der Waals surface area contributed by atoms with Gasteiger partial charge in [0.2, 0.25) is 0 Å². The predicted molar refractivity (Wildman–Crippen MR) is 78.2 cm³/mol. The summed E-state index contributed by atoms with van der Waals surface area (Å²) >= 11 is 0. The molecule has 0 saturated carbocycles. The molecule has 5 nitrogen and oxygen atoms in total. The van der Waals surface area contributed by atoms with Crippen molar-refractivity contribution in [3.05, 3.63) is 46.6 Å². The summed E-state index contributed by atoms with van der Waals surface area (Å²) in [4.78, 5) is 13.3. The fourth-order valence-electron chi connectivity index (χ4n) is 2.45. The van der Waals surface area contributed by atoms with Crippen LogP contribution in [0.2, 0.25) is 0 Å². The van der Waals surface area contributed by atoms with Crippen molar-refractivity contribution < 1.29 is 9.90 Å². The molecular formula is C15H19N3O2. The summed E-state index contributed by atoms with van der Waals surface area (Å²) in [6.45, 7) is 4.41. The molecule has 1 N–H and O–H groups in total. The molecule has 0 radical (unpaired) electrons. The van der Waals surface area contributed by atoms with Gasteiger partial charge in [-0.2, -0.15) is 5.10 Å². The summed E-state index contributed by atoms with van der Waals surface area (Å²) in [7, 11) is 3.65. The Labute approximate surface area is 118 Å². The van der Waals surface area contributed by atoms with Crippen LogP contribution in [0.25, 0.3) is 0 Å². The minimum Gasteiger partial charge on any atom is -0.477 e. The van der Waals surface area contributed by atoms with E-state index in [1.807, 2.05) is 24.1 Å². The molecule has 1 aromatic heterocycles. The number of aryl methyl sites for hydroxylation is 3. The molecule has 0 bridgehead atoms. The van der Waals surface area contributed by atoms with E-state index in [2.05, 4.69) is 24.2 Å². The quantitative estimate of drug-likeness (QED) is 0.929. The van der Waals surface area contributed by atoms with Crippen molar-refractivity contribution in [3.8, 4) is 0 Å².